The van der Waals surface area contributed by atoms with Crippen LogP contribution in [0.25, 0.3) is 0 Å². The summed E-state index contributed by atoms with van der Waals surface area (Å²) in [6.07, 6.45) is 0.245. The van der Waals surface area contributed by atoms with E-state index in [1.807, 2.05) is 0 Å². The highest BCUT2D eigenvalue weighted by molar-refractivity contribution is 6.13. The van der Waals surface area contributed by atoms with Crippen LogP contribution in [0, 0.1) is 13.7 Å². The van der Waals surface area contributed by atoms with Crippen molar-refractivity contribution in [3.05, 3.63) is 69.8 Å². The number of carbonyl (C=O) groups is 1. The van der Waals surface area contributed by atoms with Crippen LogP contribution in [0.5, 0.6) is 0 Å². The molecule has 3 rings (SSSR count). The van der Waals surface area contributed by atoms with Crippen LogP contribution in [0.1, 0.15) is 46.4 Å². The van der Waals surface area contributed by atoms with Crippen LogP contribution in [0.3, 0.4) is 0 Å². The number of ketones is 1. The summed E-state index contributed by atoms with van der Waals surface area (Å²) >= 11 is 0. The molecule has 0 aliphatic heterocycles. The van der Waals surface area contributed by atoms with E-state index < -0.39 is 19.5 Å². The Morgan fingerprint density at radius 3 is 2.65 bits per heavy atom. The summed E-state index contributed by atoms with van der Waals surface area (Å²) in [6, 6.07) is 9.46. The molecule has 0 saturated carbocycles. The Bertz CT molecular complexity index is 801. The Morgan fingerprint density at radius 2 is 1.82 bits per heavy atom. The van der Waals surface area contributed by atoms with Crippen molar-refractivity contribution >= 4 is 5.78 Å². The summed E-state index contributed by atoms with van der Waals surface area (Å²) in [5.41, 5.74) is 1.45. The first-order valence-corrected chi connectivity index (χ1v) is 5.40. The minimum absolute atomic E-state index is 0.0253. The summed E-state index contributed by atoms with van der Waals surface area (Å²) in [5.74, 6) is -0.418. The van der Waals surface area contributed by atoms with Gasteiger partial charge in [0.25, 0.3) is 0 Å². The zero-order valence-electron chi connectivity index (χ0n) is 15.1. The lowest BCUT2D eigenvalue weighted by Crippen LogP contribution is -2.17. The second-order valence-electron chi connectivity index (χ2n) is 4.18. The van der Waals surface area contributed by atoms with E-state index in [2.05, 4.69) is 0 Å². The number of aryl methyl sites for hydroxylation is 2. The minimum atomic E-state index is -2.47. The number of hydrogen-bond donors (Lipinski definition) is 0. The van der Waals surface area contributed by atoms with Crippen LogP contribution in [0.2, 0.25) is 0 Å². The Balaban J connectivity index is 2.34. The van der Waals surface area contributed by atoms with E-state index in [1.165, 1.54) is 12.1 Å². The molecule has 0 amide bonds. The first-order valence-electron chi connectivity index (χ1n) is 8.40. The lowest BCUT2D eigenvalue weighted by molar-refractivity contribution is 0.103. The minimum Gasteiger partial charge on any atom is -0.289 e. The third-order valence-corrected chi connectivity index (χ3v) is 3.17. The molecular formula is C16H14O. The van der Waals surface area contributed by atoms with Crippen molar-refractivity contribution in [3.63, 3.8) is 0 Å². The number of carbonyl (C=O) groups excluding carboxylic acids is 1. The van der Waals surface area contributed by atoms with Gasteiger partial charge in [-0.3, -0.25) is 4.79 Å². The topological polar surface area (TPSA) is 17.1 Å². The molecule has 2 aromatic carbocycles. The number of rotatable bonds is 0. The fraction of sp³-hybridized carbons (Fsp3) is 0.188. The van der Waals surface area contributed by atoms with Gasteiger partial charge in [0, 0.05) is 19.4 Å². The van der Waals surface area contributed by atoms with Crippen LogP contribution in [0.15, 0.2) is 36.4 Å². The molecule has 2 aromatic rings. The SMILES string of the molecule is [2H]C([2H])([2H])c1ccc(C([2H])([2H])[2H])c2c1Cc1ccccc1C2=O. The molecule has 0 spiro atoms. The van der Waals surface area contributed by atoms with Crippen LogP contribution < -0.4 is 0 Å². The first-order chi connectivity index (χ1) is 10.6. The molecular weight excluding hydrogens is 208 g/mol. The van der Waals surface area contributed by atoms with Gasteiger partial charge in [-0.1, -0.05) is 36.4 Å². The summed E-state index contributed by atoms with van der Waals surface area (Å²) in [7, 11) is 0. The van der Waals surface area contributed by atoms with Crippen molar-refractivity contribution in [2.24, 2.45) is 0 Å². The molecule has 0 atom stereocenters. The third-order valence-electron chi connectivity index (χ3n) is 3.17. The van der Waals surface area contributed by atoms with Crippen molar-refractivity contribution in [3.8, 4) is 0 Å². The van der Waals surface area contributed by atoms with E-state index in [9.17, 15) is 4.79 Å². The van der Waals surface area contributed by atoms with Gasteiger partial charge in [0.15, 0.2) is 5.78 Å². The zero-order chi connectivity index (χ0) is 17.0. The standard InChI is InChI=1S/C16H14O/c1-10-7-8-11(2)15-14(10)9-12-5-3-4-6-13(12)16(15)17/h3-8H,9H2,1-2H3/i1D3,2D3. The van der Waals surface area contributed by atoms with Gasteiger partial charge in [-0.15, -0.1) is 0 Å². The normalized spacial score (nSPS) is 19.9. The molecule has 1 nitrogen and oxygen atoms in total. The van der Waals surface area contributed by atoms with E-state index in [4.69, 9.17) is 8.22 Å². The van der Waals surface area contributed by atoms with Gasteiger partial charge in [-0.2, -0.15) is 0 Å². The van der Waals surface area contributed by atoms with E-state index in [-0.39, 0.29) is 23.1 Å². The van der Waals surface area contributed by atoms with Gasteiger partial charge in [0.05, 0.1) is 0 Å². The van der Waals surface area contributed by atoms with Gasteiger partial charge < -0.3 is 0 Å². The van der Waals surface area contributed by atoms with E-state index in [0.29, 0.717) is 11.1 Å². The number of fused-ring (bicyclic) bond motifs is 2. The maximum Gasteiger partial charge on any atom is 0.193 e. The van der Waals surface area contributed by atoms with Gasteiger partial charge in [-0.25, -0.2) is 0 Å². The van der Waals surface area contributed by atoms with Crippen LogP contribution in [-0.4, -0.2) is 5.78 Å². The average molecular weight is 228 g/mol. The predicted octanol–water partition coefficient (Wildman–Crippen LogP) is 3.44. The van der Waals surface area contributed by atoms with Crippen molar-refractivity contribution in [1.82, 2.24) is 0 Å². The molecule has 0 aromatic heterocycles. The molecule has 1 aliphatic carbocycles. The molecule has 0 radical (unpaired) electrons. The summed E-state index contributed by atoms with van der Waals surface area (Å²) in [4.78, 5) is 12.8. The first kappa shape index (κ1) is 5.63. The van der Waals surface area contributed by atoms with Crippen LogP contribution in [-0.2, 0) is 6.42 Å². The summed E-state index contributed by atoms with van der Waals surface area (Å²) < 4.78 is 46.0. The average Bonchev–Trinajstić information content (AvgIpc) is 2.44. The summed E-state index contributed by atoms with van der Waals surface area (Å²) in [5, 5.41) is 0. The van der Waals surface area contributed by atoms with Crippen molar-refractivity contribution in [2.45, 2.75) is 20.1 Å². The van der Waals surface area contributed by atoms with Gasteiger partial charge in [0.1, 0.15) is 0 Å². The van der Waals surface area contributed by atoms with Gasteiger partial charge in [0.2, 0.25) is 0 Å². The lowest BCUT2D eigenvalue weighted by atomic mass is 9.81. The molecule has 84 valence electrons. The largest absolute Gasteiger partial charge is 0.289 e. The van der Waals surface area contributed by atoms with E-state index in [0.717, 1.165) is 5.56 Å². The second kappa shape index (κ2) is 3.56. The van der Waals surface area contributed by atoms with Crippen molar-refractivity contribution in [1.29, 1.82) is 0 Å². The monoisotopic (exact) mass is 228 g/mol. The molecule has 0 fully saturated rings. The third kappa shape index (κ3) is 1.42. The van der Waals surface area contributed by atoms with Crippen molar-refractivity contribution in [2.75, 3.05) is 0 Å². The van der Waals surface area contributed by atoms with Gasteiger partial charge in [-0.05, 0) is 42.4 Å². The lowest BCUT2D eigenvalue weighted by Gasteiger charge is -2.21. The molecule has 0 bridgehead atoms. The Hall–Kier alpha value is -1.89. The maximum absolute atomic E-state index is 12.8. The quantitative estimate of drug-likeness (QED) is 0.576. The highest BCUT2D eigenvalue weighted by Gasteiger charge is 2.25. The van der Waals surface area contributed by atoms with E-state index >= 15 is 0 Å². The highest BCUT2D eigenvalue weighted by atomic mass is 16.1. The molecule has 17 heavy (non-hydrogen) atoms. The highest BCUT2D eigenvalue weighted by Crippen LogP contribution is 2.30. The summed E-state index contributed by atoms with van der Waals surface area (Å²) in [6.45, 7) is -4.87. The fourth-order valence-electron chi connectivity index (χ4n) is 2.31. The number of benzene rings is 2. The Kier molecular flexibility index (Phi) is 1.18. The van der Waals surface area contributed by atoms with Crippen LogP contribution in [0.4, 0.5) is 0 Å². The molecule has 0 saturated heterocycles. The molecule has 1 heteroatoms. The number of hydrogen-bond acceptors (Lipinski definition) is 1. The van der Waals surface area contributed by atoms with Crippen LogP contribution >= 0.6 is 0 Å². The Labute approximate surface area is 110 Å². The molecule has 1 aliphatic rings. The van der Waals surface area contributed by atoms with Gasteiger partial charge >= 0.3 is 0 Å². The molecule has 0 heterocycles. The fourth-order valence-corrected chi connectivity index (χ4v) is 2.31. The Morgan fingerprint density at radius 1 is 1.06 bits per heavy atom. The smallest absolute Gasteiger partial charge is 0.193 e. The molecule has 0 N–H and O–H groups in total. The second-order valence-corrected chi connectivity index (χ2v) is 4.18. The zero-order valence-corrected chi connectivity index (χ0v) is 9.08. The molecule has 0 unspecified atom stereocenters. The van der Waals surface area contributed by atoms with E-state index in [1.54, 1.807) is 24.3 Å². The maximum atomic E-state index is 12.8. The van der Waals surface area contributed by atoms with Crippen molar-refractivity contribution < 1.29 is 13.0 Å². The predicted molar refractivity (Wildman–Crippen MR) is 68.6 cm³/mol.